The molecule has 1 N–H and O–H groups in total. The number of fused-ring (bicyclic) bond motifs is 1. The van der Waals surface area contributed by atoms with E-state index in [-0.39, 0.29) is 5.91 Å². The first-order chi connectivity index (χ1) is 12.6. The van der Waals surface area contributed by atoms with Gasteiger partial charge in [0.1, 0.15) is 11.3 Å². The van der Waals surface area contributed by atoms with Crippen molar-refractivity contribution in [1.82, 2.24) is 9.59 Å². The Hall–Kier alpha value is -2.48. The summed E-state index contributed by atoms with van der Waals surface area (Å²) in [6.45, 7) is 0. The summed E-state index contributed by atoms with van der Waals surface area (Å²) in [6.07, 6.45) is 0. The van der Waals surface area contributed by atoms with Crippen molar-refractivity contribution in [3.63, 3.8) is 0 Å². The first kappa shape index (κ1) is 17.0. The Labute approximate surface area is 162 Å². The van der Waals surface area contributed by atoms with E-state index in [0.717, 1.165) is 26.3 Å². The molecule has 4 rings (SSSR count). The van der Waals surface area contributed by atoms with Crippen LogP contribution in [0.15, 0.2) is 47.8 Å². The van der Waals surface area contributed by atoms with E-state index in [1.54, 1.807) is 25.3 Å². The van der Waals surface area contributed by atoms with Crippen LogP contribution >= 0.6 is 34.5 Å². The molecule has 5 nitrogen and oxygen atoms in total. The monoisotopic (exact) mass is 401 g/mol. The molecule has 0 radical (unpaired) electrons. The lowest BCUT2D eigenvalue weighted by atomic mass is 10.1. The van der Waals surface area contributed by atoms with Crippen LogP contribution in [0.25, 0.3) is 21.3 Å². The standard InChI is InChI=1S/C18H12ClN3O2S2/c1-24-15-7-10(2-4-13(15)19)12-8-17(25-9-12)20-18(23)11-3-5-16-14(6-11)21-22-26-16/h2-9H,1H3,(H,20,23). The summed E-state index contributed by atoms with van der Waals surface area (Å²) in [5.74, 6) is 0.438. The lowest BCUT2D eigenvalue weighted by Crippen LogP contribution is -2.10. The van der Waals surface area contributed by atoms with Crippen molar-refractivity contribution in [2.75, 3.05) is 12.4 Å². The minimum atomic E-state index is -0.179. The summed E-state index contributed by atoms with van der Waals surface area (Å²) in [4.78, 5) is 12.5. The molecule has 0 aliphatic heterocycles. The van der Waals surface area contributed by atoms with Crippen molar-refractivity contribution >= 4 is 55.6 Å². The number of anilines is 1. The van der Waals surface area contributed by atoms with Gasteiger partial charge in [0.2, 0.25) is 0 Å². The number of carbonyl (C=O) groups is 1. The van der Waals surface area contributed by atoms with Gasteiger partial charge >= 0.3 is 0 Å². The second-order valence-electron chi connectivity index (χ2n) is 5.46. The predicted octanol–water partition coefficient (Wildman–Crippen LogP) is 5.33. The molecule has 2 heterocycles. The van der Waals surface area contributed by atoms with Gasteiger partial charge in [0.05, 0.1) is 21.8 Å². The maximum atomic E-state index is 12.5. The highest BCUT2D eigenvalue weighted by atomic mass is 35.5. The summed E-state index contributed by atoms with van der Waals surface area (Å²) in [7, 11) is 1.58. The van der Waals surface area contributed by atoms with Crippen LogP contribution < -0.4 is 10.1 Å². The zero-order valence-corrected chi connectivity index (χ0v) is 15.9. The molecule has 0 saturated heterocycles. The zero-order valence-electron chi connectivity index (χ0n) is 13.5. The first-order valence-electron chi connectivity index (χ1n) is 7.60. The van der Waals surface area contributed by atoms with E-state index in [4.69, 9.17) is 16.3 Å². The highest BCUT2D eigenvalue weighted by Crippen LogP contribution is 2.34. The third-order valence-corrected chi connectivity index (χ3v) is 5.69. The Morgan fingerprint density at radius 2 is 2.04 bits per heavy atom. The normalized spacial score (nSPS) is 10.8. The van der Waals surface area contributed by atoms with Crippen LogP contribution in [0, 0.1) is 0 Å². The second-order valence-corrected chi connectivity index (χ2v) is 7.56. The SMILES string of the molecule is COc1cc(-c2csc(NC(=O)c3ccc4snnc4c3)c2)ccc1Cl. The minimum Gasteiger partial charge on any atom is -0.495 e. The maximum Gasteiger partial charge on any atom is 0.256 e. The molecule has 130 valence electrons. The van der Waals surface area contributed by atoms with Crippen molar-refractivity contribution in [2.45, 2.75) is 0 Å². The number of nitrogens with zero attached hydrogens (tertiary/aromatic N) is 2. The molecule has 4 aromatic rings. The number of benzene rings is 2. The fourth-order valence-electron chi connectivity index (χ4n) is 2.50. The predicted molar refractivity (Wildman–Crippen MR) is 107 cm³/mol. The lowest BCUT2D eigenvalue weighted by Gasteiger charge is -2.05. The Balaban J connectivity index is 1.55. The molecular weight excluding hydrogens is 390 g/mol. The van der Waals surface area contributed by atoms with Gasteiger partial charge in [-0.1, -0.05) is 22.2 Å². The van der Waals surface area contributed by atoms with Crippen molar-refractivity contribution in [3.05, 3.63) is 58.4 Å². The molecule has 0 atom stereocenters. The van der Waals surface area contributed by atoms with Crippen molar-refractivity contribution in [1.29, 1.82) is 0 Å². The fourth-order valence-corrected chi connectivity index (χ4v) is 4.04. The van der Waals surface area contributed by atoms with E-state index < -0.39 is 0 Å². The van der Waals surface area contributed by atoms with E-state index in [0.29, 0.717) is 16.3 Å². The van der Waals surface area contributed by atoms with Crippen LogP contribution in [0.2, 0.25) is 5.02 Å². The maximum absolute atomic E-state index is 12.5. The van der Waals surface area contributed by atoms with Gasteiger partial charge in [-0.2, -0.15) is 0 Å². The molecule has 0 fully saturated rings. The van der Waals surface area contributed by atoms with Gasteiger partial charge in [0.25, 0.3) is 5.91 Å². The van der Waals surface area contributed by atoms with E-state index in [1.165, 1.54) is 22.9 Å². The minimum absolute atomic E-state index is 0.179. The Morgan fingerprint density at radius 3 is 2.88 bits per heavy atom. The average Bonchev–Trinajstić information content (AvgIpc) is 3.30. The Morgan fingerprint density at radius 1 is 1.15 bits per heavy atom. The highest BCUT2D eigenvalue weighted by Gasteiger charge is 2.11. The van der Waals surface area contributed by atoms with E-state index in [1.807, 2.05) is 29.6 Å². The molecule has 0 spiro atoms. The van der Waals surface area contributed by atoms with Crippen LogP contribution in [-0.2, 0) is 0 Å². The largest absolute Gasteiger partial charge is 0.495 e. The van der Waals surface area contributed by atoms with Gasteiger partial charge in [0.15, 0.2) is 0 Å². The van der Waals surface area contributed by atoms with Crippen LogP contribution in [-0.4, -0.2) is 22.6 Å². The van der Waals surface area contributed by atoms with E-state index >= 15 is 0 Å². The summed E-state index contributed by atoms with van der Waals surface area (Å²) in [5, 5.41) is 10.2. The van der Waals surface area contributed by atoms with Crippen LogP contribution in [0.3, 0.4) is 0 Å². The van der Waals surface area contributed by atoms with Gasteiger partial charge in [-0.25, -0.2) is 0 Å². The van der Waals surface area contributed by atoms with Crippen molar-refractivity contribution < 1.29 is 9.53 Å². The molecule has 0 aliphatic carbocycles. The van der Waals surface area contributed by atoms with Gasteiger partial charge in [-0.3, -0.25) is 4.79 Å². The van der Waals surface area contributed by atoms with Gasteiger partial charge in [0, 0.05) is 10.9 Å². The molecular formula is C18H12ClN3O2S2. The van der Waals surface area contributed by atoms with Gasteiger partial charge < -0.3 is 10.1 Å². The fraction of sp³-hybridized carbons (Fsp3) is 0.0556. The van der Waals surface area contributed by atoms with Gasteiger partial charge in [-0.15, -0.1) is 16.4 Å². The second kappa shape index (κ2) is 7.03. The molecule has 2 aromatic heterocycles. The van der Waals surface area contributed by atoms with Gasteiger partial charge in [-0.05, 0) is 59.1 Å². The molecule has 1 amide bonds. The van der Waals surface area contributed by atoms with E-state index in [2.05, 4.69) is 14.9 Å². The Kier molecular flexibility index (Phi) is 4.58. The molecule has 0 unspecified atom stereocenters. The summed E-state index contributed by atoms with van der Waals surface area (Å²) >= 11 is 8.84. The summed E-state index contributed by atoms with van der Waals surface area (Å²) in [5.41, 5.74) is 3.23. The number of carbonyl (C=O) groups excluding carboxylic acids is 1. The number of methoxy groups -OCH3 is 1. The molecule has 0 bridgehead atoms. The first-order valence-corrected chi connectivity index (χ1v) is 9.63. The number of thiophene rings is 1. The smallest absolute Gasteiger partial charge is 0.256 e. The number of amides is 1. The van der Waals surface area contributed by atoms with Crippen LogP contribution in [0.5, 0.6) is 5.75 Å². The molecule has 2 aromatic carbocycles. The number of ether oxygens (including phenoxy) is 1. The highest BCUT2D eigenvalue weighted by molar-refractivity contribution is 7.14. The Bertz CT molecular complexity index is 1110. The summed E-state index contributed by atoms with van der Waals surface area (Å²) in [6, 6.07) is 12.9. The third kappa shape index (κ3) is 3.29. The number of rotatable bonds is 4. The van der Waals surface area contributed by atoms with Crippen molar-refractivity contribution in [3.8, 4) is 16.9 Å². The number of halogens is 1. The zero-order chi connectivity index (χ0) is 18.1. The quantitative estimate of drug-likeness (QED) is 0.501. The molecule has 26 heavy (non-hydrogen) atoms. The van der Waals surface area contributed by atoms with Crippen LogP contribution in [0.4, 0.5) is 5.00 Å². The lowest BCUT2D eigenvalue weighted by molar-refractivity contribution is 0.102. The number of aromatic nitrogens is 2. The molecule has 8 heteroatoms. The summed E-state index contributed by atoms with van der Waals surface area (Å²) < 4.78 is 10.1. The van der Waals surface area contributed by atoms with E-state index in [9.17, 15) is 4.79 Å². The average molecular weight is 402 g/mol. The molecule has 0 saturated carbocycles. The third-order valence-electron chi connectivity index (χ3n) is 3.83. The van der Waals surface area contributed by atoms with Crippen LogP contribution in [0.1, 0.15) is 10.4 Å². The number of nitrogens with one attached hydrogen (secondary N) is 1. The van der Waals surface area contributed by atoms with Crippen molar-refractivity contribution in [2.24, 2.45) is 0 Å². The number of hydrogen-bond donors (Lipinski definition) is 1. The topological polar surface area (TPSA) is 64.1 Å². The molecule has 0 aliphatic rings. The number of hydrogen-bond acceptors (Lipinski definition) is 6.